The molecule has 3 rings (SSSR count). The van der Waals surface area contributed by atoms with Crippen molar-refractivity contribution in [3.63, 3.8) is 0 Å². The van der Waals surface area contributed by atoms with Crippen molar-refractivity contribution in [1.29, 1.82) is 0 Å². The van der Waals surface area contributed by atoms with Crippen molar-refractivity contribution in [2.24, 2.45) is 0 Å². The lowest BCUT2D eigenvalue weighted by atomic mass is 10.2. The number of carbonyl (C=O) groups is 1. The molecule has 8 heteroatoms. The molecule has 0 spiro atoms. The first-order valence-corrected chi connectivity index (χ1v) is 8.35. The Hall–Kier alpha value is -3.19. The second-order valence-corrected chi connectivity index (χ2v) is 6.06. The van der Waals surface area contributed by atoms with E-state index < -0.39 is 5.82 Å². The van der Waals surface area contributed by atoms with E-state index in [4.69, 9.17) is 16.3 Å². The molecule has 0 aliphatic heterocycles. The summed E-state index contributed by atoms with van der Waals surface area (Å²) < 4.78 is 18.4. The van der Waals surface area contributed by atoms with Gasteiger partial charge in [-0.25, -0.2) is 14.4 Å². The van der Waals surface area contributed by atoms with Crippen LogP contribution in [0.3, 0.4) is 0 Å². The highest BCUT2D eigenvalue weighted by Gasteiger charge is 2.12. The third-order valence-electron chi connectivity index (χ3n) is 3.61. The van der Waals surface area contributed by atoms with Gasteiger partial charge < -0.3 is 15.4 Å². The molecule has 0 radical (unpaired) electrons. The molecule has 0 aliphatic carbocycles. The maximum atomic E-state index is 13.3. The summed E-state index contributed by atoms with van der Waals surface area (Å²) in [5.74, 6) is -0.00864. The van der Waals surface area contributed by atoms with Gasteiger partial charge in [-0.3, -0.25) is 4.79 Å². The number of ether oxygens (including phenoxy) is 1. The lowest BCUT2D eigenvalue weighted by Gasteiger charge is -2.10. The molecule has 2 aromatic carbocycles. The zero-order valence-electron chi connectivity index (χ0n) is 14.6. The number of aryl methyl sites for hydroxylation is 1. The Morgan fingerprint density at radius 3 is 2.44 bits per heavy atom. The summed E-state index contributed by atoms with van der Waals surface area (Å²) in [6.07, 6.45) is 0. The van der Waals surface area contributed by atoms with E-state index in [1.807, 2.05) is 0 Å². The Morgan fingerprint density at radius 2 is 1.78 bits per heavy atom. The number of methoxy groups -OCH3 is 1. The van der Waals surface area contributed by atoms with E-state index in [2.05, 4.69) is 20.6 Å². The molecule has 6 nitrogen and oxygen atoms in total. The molecule has 1 heterocycles. The lowest BCUT2D eigenvalue weighted by molar-refractivity contribution is 0.102. The highest BCUT2D eigenvalue weighted by atomic mass is 35.5. The first-order chi connectivity index (χ1) is 12.9. The van der Waals surface area contributed by atoms with Crippen LogP contribution in [0, 0.1) is 12.7 Å². The fourth-order valence-electron chi connectivity index (χ4n) is 2.31. The monoisotopic (exact) mass is 386 g/mol. The summed E-state index contributed by atoms with van der Waals surface area (Å²) in [5, 5.41) is 5.66. The first kappa shape index (κ1) is 18.6. The van der Waals surface area contributed by atoms with Crippen LogP contribution in [-0.2, 0) is 0 Å². The molecule has 0 saturated heterocycles. The van der Waals surface area contributed by atoms with E-state index in [0.717, 1.165) is 0 Å². The first-order valence-electron chi connectivity index (χ1n) is 7.98. The molecular weight excluding hydrogens is 371 g/mol. The standard InChI is InChI=1S/C19H16ClFN4O2/c1-11-9-17(18(26)23-12-3-6-14(27-2)7-4-12)25-19(22-11)24-13-5-8-16(21)15(20)10-13/h3-10H,1-2H3,(H,23,26)(H,22,24,25). The number of amides is 1. The second-order valence-electron chi connectivity index (χ2n) is 5.65. The van der Waals surface area contributed by atoms with Gasteiger partial charge in [0.15, 0.2) is 0 Å². The number of anilines is 3. The highest BCUT2D eigenvalue weighted by Crippen LogP contribution is 2.22. The number of rotatable bonds is 5. The molecule has 0 atom stereocenters. The summed E-state index contributed by atoms with van der Waals surface area (Å²) in [4.78, 5) is 20.9. The van der Waals surface area contributed by atoms with Crippen LogP contribution in [0.2, 0.25) is 5.02 Å². The number of hydrogen-bond donors (Lipinski definition) is 2. The van der Waals surface area contributed by atoms with Gasteiger partial charge in [-0.2, -0.15) is 0 Å². The Balaban J connectivity index is 1.79. The van der Waals surface area contributed by atoms with Gasteiger partial charge in [0, 0.05) is 17.1 Å². The van der Waals surface area contributed by atoms with Gasteiger partial charge in [0.2, 0.25) is 5.95 Å². The van der Waals surface area contributed by atoms with Crippen molar-refractivity contribution in [3.05, 3.63) is 70.8 Å². The average Bonchev–Trinajstić information content (AvgIpc) is 2.65. The maximum Gasteiger partial charge on any atom is 0.274 e. The van der Waals surface area contributed by atoms with Crippen molar-refractivity contribution < 1.29 is 13.9 Å². The molecule has 0 unspecified atom stereocenters. The van der Waals surface area contributed by atoms with Gasteiger partial charge in [-0.1, -0.05) is 11.6 Å². The van der Waals surface area contributed by atoms with Gasteiger partial charge in [0.05, 0.1) is 12.1 Å². The van der Waals surface area contributed by atoms with Crippen molar-refractivity contribution in [3.8, 4) is 5.75 Å². The molecule has 0 saturated carbocycles. The van der Waals surface area contributed by atoms with Crippen molar-refractivity contribution in [1.82, 2.24) is 9.97 Å². The average molecular weight is 387 g/mol. The number of nitrogens with zero attached hydrogens (tertiary/aromatic N) is 2. The van der Waals surface area contributed by atoms with E-state index in [-0.39, 0.29) is 22.6 Å². The molecule has 3 aromatic rings. The normalized spacial score (nSPS) is 10.4. The molecule has 27 heavy (non-hydrogen) atoms. The van der Waals surface area contributed by atoms with Gasteiger partial charge in [0.25, 0.3) is 5.91 Å². The van der Waals surface area contributed by atoms with E-state index in [1.54, 1.807) is 44.4 Å². The minimum absolute atomic E-state index is 0.0230. The number of hydrogen-bond acceptors (Lipinski definition) is 5. The molecule has 1 aromatic heterocycles. The zero-order chi connectivity index (χ0) is 19.4. The smallest absolute Gasteiger partial charge is 0.274 e. The summed E-state index contributed by atoms with van der Waals surface area (Å²) in [6.45, 7) is 1.74. The third kappa shape index (κ3) is 4.71. The summed E-state index contributed by atoms with van der Waals surface area (Å²) in [6, 6.07) is 12.7. The summed E-state index contributed by atoms with van der Waals surface area (Å²) >= 11 is 5.78. The maximum absolute atomic E-state index is 13.3. The number of aromatic nitrogens is 2. The second kappa shape index (κ2) is 8.01. The Bertz CT molecular complexity index is 980. The number of benzene rings is 2. The minimum atomic E-state index is -0.521. The predicted octanol–water partition coefficient (Wildman–Crippen LogP) is 4.58. The Kier molecular flexibility index (Phi) is 5.52. The minimum Gasteiger partial charge on any atom is -0.497 e. The van der Waals surface area contributed by atoms with Crippen molar-refractivity contribution >= 4 is 34.8 Å². The third-order valence-corrected chi connectivity index (χ3v) is 3.90. The fourth-order valence-corrected chi connectivity index (χ4v) is 2.49. The largest absolute Gasteiger partial charge is 0.497 e. The molecule has 0 fully saturated rings. The fraction of sp³-hybridized carbons (Fsp3) is 0.105. The van der Waals surface area contributed by atoms with Gasteiger partial charge in [-0.15, -0.1) is 0 Å². The van der Waals surface area contributed by atoms with Crippen LogP contribution in [-0.4, -0.2) is 23.0 Å². The van der Waals surface area contributed by atoms with E-state index in [0.29, 0.717) is 22.8 Å². The Labute approximate surface area is 160 Å². The molecule has 2 N–H and O–H groups in total. The summed E-state index contributed by atoms with van der Waals surface area (Å²) in [5.41, 5.74) is 1.90. The van der Waals surface area contributed by atoms with Crippen LogP contribution in [0.4, 0.5) is 21.7 Å². The quantitative estimate of drug-likeness (QED) is 0.671. The van der Waals surface area contributed by atoms with Gasteiger partial charge in [-0.05, 0) is 55.5 Å². The molecular formula is C19H16ClFN4O2. The number of nitrogens with one attached hydrogen (secondary N) is 2. The van der Waals surface area contributed by atoms with Crippen LogP contribution in [0.25, 0.3) is 0 Å². The molecule has 138 valence electrons. The van der Waals surface area contributed by atoms with E-state index in [9.17, 15) is 9.18 Å². The lowest BCUT2D eigenvalue weighted by Crippen LogP contribution is -2.15. The van der Waals surface area contributed by atoms with Crippen LogP contribution >= 0.6 is 11.6 Å². The number of halogens is 2. The van der Waals surface area contributed by atoms with Crippen LogP contribution < -0.4 is 15.4 Å². The zero-order valence-corrected chi connectivity index (χ0v) is 15.3. The predicted molar refractivity (Wildman–Crippen MR) is 102 cm³/mol. The molecule has 0 bridgehead atoms. The van der Waals surface area contributed by atoms with Crippen LogP contribution in [0.1, 0.15) is 16.2 Å². The van der Waals surface area contributed by atoms with E-state index >= 15 is 0 Å². The Morgan fingerprint density at radius 1 is 1.07 bits per heavy atom. The van der Waals surface area contributed by atoms with Crippen LogP contribution in [0.15, 0.2) is 48.5 Å². The van der Waals surface area contributed by atoms with Crippen molar-refractivity contribution in [2.45, 2.75) is 6.92 Å². The van der Waals surface area contributed by atoms with E-state index in [1.165, 1.54) is 18.2 Å². The molecule has 1 amide bonds. The molecule has 0 aliphatic rings. The van der Waals surface area contributed by atoms with Crippen molar-refractivity contribution in [2.75, 3.05) is 17.7 Å². The summed E-state index contributed by atoms with van der Waals surface area (Å²) in [7, 11) is 1.57. The van der Waals surface area contributed by atoms with Gasteiger partial charge in [0.1, 0.15) is 17.3 Å². The highest BCUT2D eigenvalue weighted by molar-refractivity contribution is 6.31. The topological polar surface area (TPSA) is 76.1 Å². The number of carbonyl (C=O) groups excluding carboxylic acids is 1. The van der Waals surface area contributed by atoms with Crippen LogP contribution in [0.5, 0.6) is 5.75 Å². The SMILES string of the molecule is COc1ccc(NC(=O)c2cc(C)nc(Nc3ccc(F)c(Cl)c3)n2)cc1. The van der Waals surface area contributed by atoms with Gasteiger partial charge >= 0.3 is 0 Å².